The molecule has 0 radical (unpaired) electrons. The number of hydrogen-bond donors (Lipinski definition) is 0. The Morgan fingerprint density at radius 3 is 2.71 bits per heavy atom. The van der Waals surface area contributed by atoms with Crippen LogP contribution in [0, 0.1) is 6.92 Å². The molecule has 3 aromatic rings. The van der Waals surface area contributed by atoms with E-state index in [0.29, 0.717) is 5.75 Å². The van der Waals surface area contributed by atoms with Gasteiger partial charge in [-0.15, -0.1) is 0 Å². The molecule has 4 heteroatoms. The van der Waals surface area contributed by atoms with Crippen molar-refractivity contribution in [3.05, 3.63) is 64.3 Å². The van der Waals surface area contributed by atoms with Crippen LogP contribution in [0.15, 0.2) is 57.6 Å². The van der Waals surface area contributed by atoms with Gasteiger partial charge < -0.3 is 9.15 Å². The minimum absolute atomic E-state index is 0.187. The average molecular weight is 345 g/mol. The minimum Gasteiger partial charge on any atom is -0.464 e. The van der Waals surface area contributed by atoms with E-state index < -0.39 is 0 Å². The number of ether oxygens (including phenoxy) is 1. The predicted molar refractivity (Wildman–Crippen MR) is 84.4 cm³/mol. The second-order valence-electron chi connectivity index (χ2n) is 4.87. The summed E-state index contributed by atoms with van der Waals surface area (Å²) in [5, 5.41) is 0.952. The molecule has 0 atom stereocenters. The van der Waals surface area contributed by atoms with Crippen LogP contribution in [-0.2, 0) is 11.2 Å². The molecule has 0 saturated heterocycles. The standard InChI is InChI=1S/C17H13BrO3/c1-11-2-7-15-12(10-20-16(15)8-11)9-17(19)21-14-5-3-13(18)4-6-14/h2-8,10H,9H2,1H3. The first kappa shape index (κ1) is 13.9. The van der Waals surface area contributed by atoms with Gasteiger partial charge in [0.05, 0.1) is 12.7 Å². The molecule has 2 aromatic carbocycles. The molecule has 3 rings (SSSR count). The third-order valence-corrected chi connectivity index (χ3v) is 3.72. The van der Waals surface area contributed by atoms with Gasteiger partial charge >= 0.3 is 5.97 Å². The van der Waals surface area contributed by atoms with Crippen molar-refractivity contribution in [3.63, 3.8) is 0 Å². The number of benzene rings is 2. The van der Waals surface area contributed by atoms with Crippen LogP contribution in [0.1, 0.15) is 11.1 Å². The van der Waals surface area contributed by atoms with Crippen molar-refractivity contribution in [2.24, 2.45) is 0 Å². The largest absolute Gasteiger partial charge is 0.464 e. The fourth-order valence-corrected chi connectivity index (χ4v) is 2.42. The molecule has 0 unspecified atom stereocenters. The van der Waals surface area contributed by atoms with Gasteiger partial charge in [0, 0.05) is 15.4 Å². The SMILES string of the molecule is Cc1ccc2c(CC(=O)Oc3ccc(Br)cc3)coc2c1. The van der Waals surface area contributed by atoms with Crippen LogP contribution < -0.4 is 4.74 Å². The monoisotopic (exact) mass is 344 g/mol. The molecule has 3 nitrogen and oxygen atoms in total. The first-order chi connectivity index (χ1) is 10.1. The molecule has 0 aliphatic carbocycles. The third kappa shape index (κ3) is 3.16. The molecule has 0 saturated carbocycles. The summed E-state index contributed by atoms with van der Waals surface area (Å²) >= 11 is 3.34. The summed E-state index contributed by atoms with van der Waals surface area (Å²) in [5.74, 6) is 0.229. The zero-order valence-electron chi connectivity index (χ0n) is 11.4. The zero-order valence-corrected chi connectivity index (χ0v) is 13.0. The third-order valence-electron chi connectivity index (χ3n) is 3.19. The normalized spacial score (nSPS) is 10.8. The van der Waals surface area contributed by atoms with E-state index in [-0.39, 0.29) is 12.4 Å². The summed E-state index contributed by atoms with van der Waals surface area (Å²) in [6.07, 6.45) is 1.80. The predicted octanol–water partition coefficient (Wildman–Crippen LogP) is 4.65. The molecule has 0 fully saturated rings. The van der Waals surface area contributed by atoms with Crippen LogP contribution in [0.5, 0.6) is 5.75 Å². The second-order valence-corrected chi connectivity index (χ2v) is 5.78. The van der Waals surface area contributed by atoms with Crippen LogP contribution in [0.2, 0.25) is 0 Å². The van der Waals surface area contributed by atoms with E-state index in [2.05, 4.69) is 15.9 Å². The Balaban J connectivity index is 1.75. The lowest BCUT2D eigenvalue weighted by molar-refractivity contribution is -0.133. The first-order valence-electron chi connectivity index (χ1n) is 6.55. The number of carbonyl (C=O) groups is 1. The molecular formula is C17H13BrO3. The highest BCUT2D eigenvalue weighted by molar-refractivity contribution is 9.10. The summed E-state index contributed by atoms with van der Waals surface area (Å²) < 4.78 is 11.7. The van der Waals surface area contributed by atoms with E-state index in [4.69, 9.17) is 9.15 Å². The number of fused-ring (bicyclic) bond motifs is 1. The Morgan fingerprint density at radius 1 is 1.19 bits per heavy atom. The van der Waals surface area contributed by atoms with Gasteiger partial charge in [-0.2, -0.15) is 0 Å². The van der Waals surface area contributed by atoms with Crippen LogP contribution in [-0.4, -0.2) is 5.97 Å². The maximum atomic E-state index is 12.0. The lowest BCUT2D eigenvalue weighted by atomic mass is 10.1. The van der Waals surface area contributed by atoms with Crippen molar-refractivity contribution >= 4 is 32.9 Å². The number of rotatable bonds is 3. The van der Waals surface area contributed by atoms with Gasteiger partial charge in [-0.25, -0.2) is 0 Å². The molecule has 0 aliphatic heterocycles. The van der Waals surface area contributed by atoms with Crippen molar-refractivity contribution in [2.45, 2.75) is 13.3 Å². The Labute approximate surface area is 130 Å². The smallest absolute Gasteiger partial charge is 0.315 e. The Hall–Kier alpha value is -2.07. The number of esters is 1. The van der Waals surface area contributed by atoms with Gasteiger partial charge in [0.25, 0.3) is 0 Å². The highest BCUT2D eigenvalue weighted by atomic mass is 79.9. The maximum absolute atomic E-state index is 12.0. The van der Waals surface area contributed by atoms with Gasteiger partial charge in [-0.3, -0.25) is 4.79 Å². The average Bonchev–Trinajstić information content (AvgIpc) is 2.83. The van der Waals surface area contributed by atoms with Crippen molar-refractivity contribution in [2.75, 3.05) is 0 Å². The molecule has 0 aliphatic rings. The van der Waals surface area contributed by atoms with Gasteiger partial charge in [-0.1, -0.05) is 28.1 Å². The van der Waals surface area contributed by atoms with Gasteiger partial charge in [0.1, 0.15) is 11.3 Å². The maximum Gasteiger partial charge on any atom is 0.315 e. The molecule has 1 aromatic heterocycles. The summed E-state index contributed by atoms with van der Waals surface area (Å²) in [6.45, 7) is 2.00. The molecular weight excluding hydrogens is 332 g/mol. The summed E-state index contributed by atoms with van der Waals surface area (Å²) in [6, 6.07) is 13.1. The van der Waals surface area contributed by atoms with E-state index >= 15 is 0 Å². The summed E-state index contributed by atoms with van der Waals surface area (Å²) in [5.41, 5.74) is 2.76. The van der Waals surface area contributed by atoms with E-state index in [1.807, 2.05) is 37.3 Å². The number of aryl methyl sites for hydroxylation is 1. The molecule has 0 amide bonds. The molecule has 0 bridgehead atoms. The summed E-state index contributed by atoms with van der Waals surface area (Å²) in [4.78, 5) is 12.0. The van der Waals surface area contributed by atoms with Crippen LogP contribution in [0.25, 0.3) is 11.0 Å². The van der Waals surface area contributed by atoms with E-state index in [9.17, 15) is 4.79 Å². The van der Waals surface area contributed by atoms with Crippen molar-refractivity contribution in [1.29, 1.82) is 0 Å². The number of furan rings is 1. The van der Waals surface area contributed by atoms with E-state index in [1.54, 1.807) is 18.4 Å². The second kappa shape index (κ2) is 5.74. The van der Waals surface area contributed by atoms with E-state index in [0.717, 1.165) is 26.6 Å². The van der Waals surface area contributed by atoms with E-state index in [1.165, 1.54) is 0 Å². The lowest BCUT2D eigenvalue weighted by Crippen LogP contribution is -2.10. The van der Waals surface area contributed by atoms with Gasteiger partial charge in [0.15, 0.2) is 0 Å². The van der Waals surface area contributed by atoms with Gasteiger partial charge in [0.2, 0.25) is 0 Å². The van der Waals surface area contributed by atoms with Crippen LogP contribution >= 0.6 is 15.9 Å². The fourth-order valence-electron chi connectivity index (χ4n) is 2.15. The Bertz CT molecular complexity index is 787. The number of hydrogen-bond acceptors (Lipinski definition) is 3. The fraction of sp³-hybridized carbons (Fsp3) is 0.118. The Morgan fingerprint density at radius 2 is 1.95 bits per heavy atom. The molecule has 1 heterocycles. The molecule has 106 valence electrons. The summed E-state index contributed by atoms with van der Waals surface area (Å²) in [7, 11) is 0. The lowest BCUT2D eigenvalue weighted by Gasteiger charge is -2.03. The first-order valence-corrected chi connectivity index (χ1v) is 7.34. The van der Waals surface area contributed by atoms with Crippen LogP contribution in [0.3, 0.4) is 0 Å². The Kier molecular flexibility index (Phi) is 3.80. The highest BCUT2D eigenvalue weighted by Gasteiger charge is 2.12. The zero-order chi connectivity index (χ0) is 14.8. The van der Waals surface area contributed by atoms with Crippen molar-refractivity contribution < 1.29 is 13.9 Å². The topological polar surface area (TPSA) is 39.4 Å². The van der Waals surface area contributed by atoms with Crippen molar-refractivity contribution in [1.82, 2.24) is 0 Å². The quantitative estimate of drug-likeness (QED) is 0.512. The van der Waals surface area contributed by atoms with Crippen molar-refractivity contribution in [3.8, 4) is 5.75 Å². The number of halogens is 1. The molecule has 0 spiro atoms. The minimum atomic E-state index is -0.305. The molecule has 0 N–H and O–H groups in total. The molecule has 21 heavy (non-hydrogen) atoms. The van der Waals surface area contributed by atoms with Gasteiger partial charge in [-0.05, 0) is 42.8 Å². The van der Waals surface area contributed by atoms with Crippen LogP contribution in [0.4, 0.5) is 0 Å². The highest BCUT2D eigenvalue weighted by Crippen LogP contribution is 2.23. The number of carbonyl (C=O) groups excluding carboxylic acids is 1.